The predicted molar refractivity (Wildman–Crippen MR) is 140 cm³/mol. The fourth-order valence-corrected chi connectivity index (χ4v) is 5.29. The van der Waals surface area contributed by atoms with Crippen LogP contribution in [0.1, 0.15) is 24.0 Å². The van der Waals surface area contributed by atoms with Crippen LogP contribution in [0.15, 0.2) is 66.7 Å². The molecule has 4 heteroatoms. The van der Waals surface area contributed by atoms with Gasteiger partial charge in [-0.2, -0.15) is 0 Å². The van der Waals surface area contributed by atoms with Gasteiger partial charge < -0.3 is 15.2 Å². The molecule has 2 aliphatic rings. The van der Waals surface area contributed by atoms with E-state index < -0.39 is 0 Å². The Labute approximate surface area is 196 Å². The molecule has 3 aromatic carbocycles. The van der Waals surface area contributed by atoms with Crippen molar-refractivity contribution < 1.29 is 0 Å². The molecule has 1 saturated heterocycles. The van der Waals surface area contributed by atoms with Crippen molar-refractivity contribution in [2.24, 2.45) is 0 Å². The highest BCUT2D eigenvalue weighted by atomic mass is 15.3. The molecule has 168 valence electrons. The Bertz CT molecular complexity index is 1290. The number of aromatic nitrogens is 1. The maximum absolute atomic E-state index is 3.62. The number of hydrogen-bond acceptors (Lipinski definition) is 3. The number of nitrogens with zero attached hydrogens (tertiary/aromatic N) is 2. The molecule has 33 heavy (non-hydrogen) atoms. The first-order chi connectivity index (χ1) is 16.1. The van der Waals surface area contributed by atoms with Crippen LogP contribution in [0.25, 0.3) is 22.0 Å². The van der Waals surface area contributed by atoms with E-state index in [1.165, 1.54) is 64.8 Å². The van der Waals surface area contributed by atoms with E-state index in [2.05, 4.69) is 101 Å². The summed E-state index contributed by atoms with van der Waals surface area (Å²) in [5, 5.41) is 4.82. The summed E-state index contributed by atoms with van der Waals surface area (Å²) in [7, 11) is 0. The summed E-state index contributed by atoms with van der Waals surface area (Å²) in [6.07, 6.45) is 2.80. The monoisotopic (exact) mass is 436 g/mol. The van der Waals surface area contributed by atoms with Gasteiger partial charge in [0.1, 0.15) is 5.82 Å². The number of fused-ring (bicyclic) bond motifs is 1. The van der Waals surface area contributed by atoms with E-state index in [9.17, 15) is 0 Å². The van der Waals surface area contributed by atoms with E-state index in [0.717, 1.165) is 30.6 Å². The van der Waals surface area contributed by atoms with Crippen LogP contribution < -0.4 is 10.2 Å². The first-order valence-corrected chi connectivity index (χ1v) is 12.2. The fourth-order valence-electron chi connectivity index (χ4n) is 5.29. The molecule has 0 radical (unpaired) electrons. The molecule has 4 aromatic rings. The molecule has 1 saturated carbocycles. The first-order valence-electron chi connectivity index (χ1n) is 12.2. The highest BCUT2D eigenvalue weighted by Gasteiger charge is 2.31. The molecule has 2 heterocycles. The van der Waals surface area contributed by atoms with Crippen molar-refractivity contribution in [1.29, 1.82) is 0 Å². The Morgan fingerprint density at radius 3 is 2.42 bits per heavy atom. The average molecular weight is 437 g/mol. The van der Waals surface area contributed by atoms with Crippen molar-refractivity contribution >= 4 is 28.1 Å². The number of para-hydroxylation sites is 1. The van der Waals surface area contributed by atoms with Gasteiger partial charge in [-0.1, -0.05) is 48.0 Å². The molecule has 0 unspecified atom stereocenters. The molecule has 4 nitrogen and oxygen atoms in total. The van der Waals surface area contributed by atoms with E-state index in [-0.39, 0.29) is 0 Å². The van der Waals surface area contributed by atoms with Crippen molar-refractivity contribution in [1.82, 2.24) is 9.88 Å². The summed E-state index contributed by atoms with van der Waals surface area (Å²) in [5.41, 5.74) is 8.76. The van der Waals surface area contributed by atoms with Crippen molar-refractivity contribution in [2.75, 3.05) is 36.4 Å². The van der Waals surface area contributed by atoms with Crippen LogP contribution in [-0.4, -0.2) is 42.1 Å². The lowest BCUT2D eigenvalue weighted by Gasteiger charge is -2.37. The van der Waals surface area contributed by atoms with Gasteiger partial charge in [0.2, 0.25) is 0 Å². The number of hydrogen-bond donors (Lipinski definition) is 2. The second-order valence-electron chi connectivity index (χ2n) is 9.70. The standard InChI is InChI=1S/C29H32N4/c1-20-5-3-6-22(17-20)26-8-4-7-23-19-28(31-29(23)26)30-24-9-12-27(21(2)18-24)33-15-13-32(14-16-33)25-10-11-25/h3-9,12,17-19,25,30-31H,10-11,13-16H2,1-2H3. The lowest BCUT2D eigenvalue weighted by Crippen LogP contribution is -2.47. The lowest BCUT2D eigenvalue weighted by molar-refractivity contribution is 0.248. The van der Waals surface area contributed by atoms with E-state index in [0.29, 0.717) is 0 Å². The summed E-state index contributed by atoms with van der Waals surface area (Å²) in [5.74, 6) is 1.02. The smallest absolute Gasteiger partial charge is 0.108 e. The van der Waals surface area contributed by atoms with E-state index in [1.54, 1.807) is 0 Å². The first kappa shape index (κ1) is 20.4. The molecule has 0 atom stereocenters. The van der Waals surface area contributed by atoms with Crippen molar-refractivity contribution in [2.45, 2.75) is 32.7 Å². The van der Waals surface area contributed by atoms with E-state index in [1.807, 2.05) is 0 Å². The van der Waals surface area contributed by atoms with Gasteiger partial charge in [0, 0.05) is 54.5 Å². The average Bonchev–Trinajstić information content (AvgIpc) is 3.59. The molecule has 6 rings (SSSR count). The molecule has 0 amide bonds. The molecule has 1 aliphatic carbocycles. The molecule has 2 N–H and O–H groups in total. The summed E-state index contributed by atoms with van der Waals surface area (Å²) < 4.78 is 0. The Kier molecular flexibility index (Phi) is 5.11. The largest absolute Gasteiger partial charge is 0.369 e. The number of anilines is 3. The van der Waals surface area contributed by atoms with Gasteiger partial charge in [-0.25, -0.2) is 0 Å². The Balaban J connectivity index is 1.22. The Morgan fingerprint density at radius 1 is 0.848 bits per heavy atom. The number of benzene rings is 3. The van der Waals surface area contributed by atoms with Crippen molar-refractivity contribution in [3.05, 3.63) is 77.9 Å². The summed E-state index contributed by atoms with van der Waals surface area (Å²) in [4.78, 5) is 8.84. The predicted octanol–water partition coefficient (Wildman–Crippen LogP) is 6.48. The van der Waals surface area contributed by atoms with Gasteiger partial charge in [0.25, 0.3) is 0 Å². The maximum atomic E-state index is 3.62. The van der Waals surface area contributed by atoms with Crippen molar-refractivity contribution in [3.8, 4) is 11.1 Å². The molecular formula is C29H32N4. The Morgan fingerprint density at radius 2 is 1.67 bits per heavy atom. The van der Waals surface area contributed by atoms with Gasteiger partial charge in [-0.05, 0) is 62.1 Å². The number of H-pyrrole nitrogens is 1. The minimum Gasteiger partial charge on any atom is -0.369 e. The molecule has 0 spiro atoms. The second-order valence-corrected chi connectivity index (χ2v) is 9.70. The minimum absolute atomic E-state index is 0.877. The van der Waals surface area contributed by atoms with E-state index in [4.69, 9.17) is 0 Å². The van der Waals surface area contributed by atoms with Gasteiger partial charge in [0.15, 0.2) is 0 Å². The van der Waals surface area contributed by atoms with Crippen LogP contribution in [0.5, 0.6) is 0 Å². The molecule has 2 fully saturated rings. The third kappa shape index (κ3) is 4.11. The molecular weight excluding hydrogens is 404 g/mol. The summed E-state index contributed by atoms with van der Waals surface area (Å²) >= 11 is 0. The van der Waals surface area contributed by atoms with Gasteiger partial charge >= 0.3 is 0 Å². The SMILES string of the molecule is Cc1cccc(-c2cccc3cc(Nc4ccc(N5CCN(C6CC6)CC5)c(C)c4)[nH]c23)c1. The number of nitrogens with one attached hydrogen (secondary N) is 2. The van der Waals surface area contributed by atoms with Crippen molar-refractivity contribution in [3.63, 3.8) is 0 Å². The number of rotatable bonds is 5. The van der Waals surface area contributed by atoms with Crippen LogP contribution in [0.4, 0.5) is 17.2 Å². The zero-order valence-corrected chi connectivity index (χ0v) is 19.6. The van der Waals surface area contributed by atoms with Gasteiger partial charge in [0.05, 0.1) is 5.52 Å². The lowest BCUT2D eigenvalue weighted by atomic mass is 10.0. The minimum atomic E-state index is 0.877. The third-order valence-corrected chi connectivity index (χ3v) is 7.18. The second kappa shape index (κ2) is 8.27. The highest BCUT2D eigenvalue weighted by Crippen LogP contribution is 2.33. The molecule has 1 aliphatic heterocycles. The van der Waals surface area contributed by atoms with Crippen LogP contribution in [0.3, 0.4) is 0 Å². The quantitative estimate of drug-likeness (QED) is 0.376. The number of piperazine rings is 1. The van der Waals surface area contributed by atoms with Crippen LogP contribution >= 0.6 is 0 Å². The Hall–Kier alpha value is -3.24. The zero-order valence-electron chi connectivity index (χ0n) is 19.6. The van der Waals surface area contributed by atoms with Gasteiger partial charge in [-0.15, -0.1) is 0 Å². The molecule has 1 aromatic heterocycles. The van der Waals surface area contributed by atoms with E-state index >= 15 is 0 Å². The number of aryl methyl sites for hydroxylation is 2. The zero-order chi connectivity index (χ0) is 22.4. The van der Waals surface area contributed by atoms with Crippen LogP contribution in [0, 0.1) is 13.8 Å². The summed E-state index contributed by atoms with van der Waals surface area (Å²) in [6.45, 7) is 9.03. The summed E-state index contributed by atoms with van der Waals surface area (Å²) in [6, 6.07) is 25.1. The maximum Gasteiger partial charge on any atom is 0.108 e. The fraction of sp³-hybridized carbons (Fsp3) is 0.310. The normalized spacial score (nSPS) is 17.0. The van der Waals surface area contributed by atoms with Crippen LogP contribution in [-0.2, 0) is 0 Å². The highest BCUT2D eigenvalue weighted by molar-refractivity contribution is 5.97. The topological polar surface area (TPSA) is 34.3 Å². The number of aromatic amines is 1. The van der Waals surface area contributed by atoms with Crippen LogP contribution in [0.2, 0.25) is 0 Å². The van der Waals surface area contributed by atoms with Gasteiger partial charge in [-0.3, -0.25) is 4.90 Å². The third-order valence-electron chi connectivity index (χ3n) is 7.18. The molecule has 0 bridgehead atoms.